The minimum atomic E-state index is -0.0965. The number of likely N-dealkylation sites (tertiary alicyclic amines) is 1. The average Bonchev–Trinajstić information content (AvgIpc) is 3.33. The predicted molar refractivity (Wildman–Crippen MR) is 122 cm³/mol. The number of pyridine rings is 1. The quantitative estimate of drug-likeness (QED) is 0.776. The van der Waals surface area contributed by atoms with Gasteiger partial charge < -0.3 is 20.4 Å². The summed E-state index contributed by atoms with van der Waals surface area (Å²) in [4.78, 5) is 35.5. The maximum atomic E-state index is 13.7. The molecule has 7 heteroatoms. The number of anilines is 1. The van der Waals surface area contributed by atoms with Crippen LogP contribution in [0.5, 0.6) is 0 Å². The molecule has 0 unspecified atom stereocenters. The summed E-state index contributed by atoms with van der Waals surface area (Å²) in [6, 6.07) is 9.62. The number of hydrogen-bond acceptors (Lipinski definition) is 5. The molecule has 2 saturated heterocycles. The van der Waals surface area contributed by atoms with Crippen molar-refractivity contribution in [3.63, 3.8) is 0 Å². The first-order chi connectivity index (χ1) is 15.1. The molecular weight excluding hydrogens is 390 g/mol. The van der Waals surface area contributed by atoms with Gasteiger partial charge >= 0.3 is 0 Å². The summed E-state index contributed by atoms with van der Waals surface area (Å²) in [6.45, 7) is 8.39. The third-order valence-electron chi connectivity index (χ3n) is 5.81. The lowest BCUT2D eigenvalue weighted by Crippen LogP contribution is -2.47. The lowest BCUT2D eigenvalue weighted by molar-refractivity contribution is 0.0717. The zero-order valence-corrected chi connectivity index (χ0v) is 18.4. The molecule has 4 rings (SSSR count). The van der Waals surface area contributed by atoms with E-state index in [9.17, 15) is 9.59 Å². The van der Waals surface area contributed by atoms with Crippen LogP contribution in [0, 0.1) is 0 Å². The fourth-order valence-electron chi connectivity index (χ4n) is 4.32. The van der Waals surface area contributed by atoms with Gasteiger partial charge in [0, 0.05) is 57.1 Å². The minimum Gasteiger partial charge on any atom is -0.381 e. The lowest BCUT2D eigenvalue weighted by atomic mass is 9.95. The highest BCUT2D eigenvalue weighted by molar-refractivity contribution is 6.11. The van der Waals surface area contributed by atoms with E-state index in [-0.39, 0.29) is 17.9 Å². The van der Waals surface area contributed by atoms with Crippen molar-refractivity contribution in [1.82, 2.24) is 20.1 Å². The summed E-state index contributed by atoms with van der Waals surface area (Å²) in [5.74, 6) is -0.159. The highest BCUT2D eigenvalue weighted by Gasteiger charge is 2.30. The van der Waals surface area contributed by atoms with E-state index in [0.717, 1.165) is 44.7 Å². The summed E-state index contributed by atoms with van der Waals surface area (Å²) in [5.41, 5.74) is 3.21. The van der Waals surface area contributed by atoms with Crippen molar-refractivity contribution < 1.29 is 9.59 Å². The van der Waals surface area contributed by atoms with E-state index in [2.05, 4.69) is 29.5 Å². The van der Waals surface area contributed by atoms with Crippen molar-refractivity contribution in [3.8, 4) is 11.3 Å². The molecule has 2 amide bonds. The van der Waals surface area contributed by atoms with Crippen LogP contribution in [-0.2, 0) is 0 Å². The SMILES string of the molecule is CC(C)Nc1cccnc1-c1cccc(C(=O)N2CCCC2)c1C(=O)N1CCNCC1. The first-order valence-corrected chi connectivity index (χ1v) is 11.2. The average molecular weight is 422 g/mol. The molecule has 2 aliphatic heterocycles. The molecule has 2 aliphatic rings. The highest BCUT2D eigenvalue weighted by Crippen LogP contribution is 2.33. The smallest absolute Gasteiger partial charge is 0.255 e. The number of carbonyl (C=O) groups is 2. The molecule has 2 fully saturated rings. The molecule has 31 heavy (non-hydrogen) atoms. The van der Waals surface area contributed by atoms with Crippen LogP contribution in [0.25, 0.3) is 11.3 Å². The Bertz CT molecular complexity index is 947. The number of piperazine rings is 1. The molecular formula is C24H31N5O2. The molecule has 1 aromatic carbocycles. The minimum absolute atomic E-state index is 0.0628. The van der Waals surface area contributed by atoms with E-state index in [1.165, 1.54) is 0 Å². The van der Waals surface area contributed by atoms with Gasteiger partial charge in [0.05, 0.1) is 22.5 Å². The predicted octanol–water partition coefficient (Wildman–Crippen LogP) is 2.85. The molecule has 2 N–H and O–H groups in total. The number of aromatic nitrogens is 1. The zero-order valence-electron chi connectivity index (χ0n) is 18.4. The Labute approximate surface area is 183 Å². The Kier molecular flexibility index (Phi) is 6.51. The molecule has 7 nitrogen and oxygen atoms in total. The van der Waals surface area contributed by atoms with E-state index < -0.39 is 0 Å². The molecule has 0 saturated carbocycles. The monoisotopic (exact) mass is 421 g/mol. The summed E-state index contributed by atoms with van der Waals surface area (Å²) >= 11 is 0. The third-order valence-corrected chi connectivity index (χ3v) is 5.81. The second-order valence-electron chi connectivity index (χ2n) is 8.47. The van der Waals surface area contributed by atoms with E-state index in [4.69, 9.17) is 0 Å². The number of hydrogen-bond donors (Lipinski definition) is 2. The molecule has 0 atom stereocenters. The van der Waals surface area contributed by atoms with Crippen LogP contribution < -0.4 is 10.6 Å². The van der Waals surface area contributed by atoms with Gasteiger partial charge in [-0.3, -0.25) is 14.6 Å². The van der Waals surface area contributed by atoms with Crippen molar-refractivity contribution in [2.24, 2.45) is 0 Å². The number of benzene rings is 1. The topological polar surface area (TPSA) is 77.6 Å². The van der Waals surface area contributed by atoms with Crippen LogP contribution in [0.1, 0.15) is 47.4 Å². The summed E-state index contributed by atoms with van der Waals surface area (Å²) < 4.78 is 0. The number of rotatable bonds is 5. The van der Waals surface area contributed by atoms with Gasteiger partial charge in [-0.15, -0.1) is 0 Å². The second-order valence-corrected chi connectivity index (χ2v) is 8.47. The van der Waals surface area contributed by atoms with Gasteiger partial charge in [0.1, 0.15) is 0 Å². The Balaban J connectivity index is 1.84. The van der Waals surface area contributed by atoms with Gasteiger partial charge in [0.15, 0.2) is 0 Å². The molecule has 1 aromatic heterocycles. The fraction of sp³-hybridized carbons (Fsp3) is 0.458. The highest BCUT2D eigenvalue weighted by atomic mass is 16.2. The Morgan fingerprint density at radius 1 is 0.968 bits per heavy atom. The molecule has 0 spiro atoms. The molecule has 0 bridgehead atoms. The fourth-order valence-corrected chi connectivity index (χ4v) is 4.32. The Morgan fingerprint density at radius 2 is 1.68 bits per heavy atom. The van der Waals surface area contributed by atoms with Crippen LogP contribution in [-0.4, -0.2) is 71.9 Å². The third kappa shape index (κ3) is 4.56. The second kappa shape index (κ2) is 9.47. The number of nitrogens with zero attached hydrogens (tertiary/aromatic N) is 3. The van der Waals surface area contributed by atoms with E-state index in [1.807, 2.05) is 34.1 Å². The Morgan fingerprint density at radius 3 is 2.39 bits per heavy atom. The van der Waals surface area contributed by atoms with Gasteiger partial charge in [0.25, 0.3) is 11.8 Å². The maximum Gasteiger partial charge on any atom is 0.255 e. The number of carbonyl (C=O) groups excluding carboxylic acids is 2. The van der Waals surface area contributed by atoms with Crippen LogP contribution in [0.2, 0.25) is 0 Å². The molecule has 0 radical (unpaired) electrons. The summed E-state index contributed by atoms with van der Waals surface area (Å²) in [6.07, 6.45) is 3.75. The van der Waals surface area contributed by atoms with Gasteiger partial charge in [-0.05, 0) is 44.9 Å². The number of nitrogens with one attached hydrogen (secondary N) is 2. The van der Waals surface area contributed by atoms with Gasteiger partial charge in [-0.25, -0.2) is 0 Å². The van der Waals surface area contributed by atoms with E-state index >= 15 is 0 Å². The molecule has 2 aromatic rings. The summed E-state index contributed by atoms with van der Waals surface area (Å²) in [7, 11) is 0. The van der Waals surface area contributed by atoms with E-state index in [1.54, 1.807) is 12.3 Å². The van der Waals surface area contributed by atoms with Crippen molar-refractivity contribution >= 4 is 17.5 Å². The summed E-state index contributed by atoms with van der Waals surface area (Å²) in [5, 5.41) is 6.72. The van der Waals surface area contributed by atoms with Crippen molar-refractivity contribution in [3.05, 3.63) is 47.7 Å². The first kappa shape index (κ1) is 21.3. The van der Waals surface area contributed by atoms with Crippen LogP contribution in [0.15, 0.2) is 36.5 Å². The van der Waals surface area contributed by atoms with Gasteiger partial charge in [-0.2, -0.15) is 0 Å². The Hall–Kier alpha value is -2.93. The van der Waals surface area contributed by atoms with Crippen LogP contribution >= 0.6 is 0 Å². The molecule has 164 valence electrons. The van der Waals surface area contributed by atoms with Crippen molar-refractivity contribution in [1.29, 1.82) is 0 Å². The van der Waals surface area contributed by atoms with Gasteiger partial charge in [-0.1, -0.05) is 12.1 Å². The number of amides is 2. The largest absolute Gasteiger partial charge is 0.381 e. The standard InChI is InChI=1S/C24H31N5O2/c1-17(2)27-20-9-6-10-26-22(20)18-7-5-8-19(23(30)28-13-3-4-14-28)21(18)24(31)29-15-11-25-12-16-29/h5-10,17,25,27H,3-4,11-16H2,1-2H3. The lowest BCUT2D eigenvalue weighted by Gasteiger charge is -2.29. The van der Waals surface area contributed by atoms with Crippen molar-refractivity contribution in [2.75, 3.05) is 44.6 Å². The van der Waals surface area contributed by atoms with Gasteiger partial charge in [0.2, 0.25) is 0 Å². The van der Waals surface area contributed by atoms with Crippen LogP contribution in [0.3, 0.4) is 0 Å². The maximum absolute atomic E-state index is 13.7. The van der Waals surface area contributed by atoms with Crippen molar-refractivity contribution in [2.45, 2.75) is 32.7 Å². The van der Waals surface area contributed by atoms with Crippen LogP contribution in [0.4, 0.5) is 5.69 Å². The molecule has 3 heterocycles. The zero-order chi connectivity index (χ0) is 21.8. The molecule has 0 aliphatic carbocycles. The normalized spacial score (nSPS) is 16.6. The first-order valence-electron chi connectivity index (χ1n) is 11.2. The van der Waals surface area contributed by atoms with E-state index in [0.29, 0.717) is 35.5 Å².